The smallest absolute Gasteiger partial charge is 0.305 e. The molecule has 0 spiro atoms. The highest BCUT2D eigenvalue weighted by atomic mass is 19.4. The van der Waals surface area contributed by atoms with E-state index in [4.69, 9.17) is 0 Å². The molecule has 2 aromatic rings. The van der Waals surface area contributed by atoms with Crippen molar-refractivity contribution in [2.45, 2.75) is 32.6 Å². The number of nitrogens with zero attached hydrogens (tertiary/aromatic N) is 2. The molecule has 0 saturated carbocycles. The third-order valence-corrected chi connectivity index (χ3v) is 3.33. The highest BCUT2D eigenvalue weighted by Gasteiger charge is 2.35. The van der Waals surface area contributed by atoms with Crippen molar-refractivity contribution in [2.24, 2.45) is 0 Å². The SMILES string of the molecule is CCNC(c1ccccc1C(F)(F)F)c1ccnn1CC. The van der Waals surface area contributed by atoms with Crippen molar-refractivity contribution in [1.29, 1.82) is 0 Å². The Morgan fingerprint density at radius 2 is 1.90 bits per heavy atom. The quantitative estimate of drug-likeness (QED) is 0.913. The second-order valence-electron chi connectivity index (χ2n) is 4.65. The Balaban J connectivity index is 2.54. The molecule has 0 radical (unpaired) electrons. The molecular weight excluding hydrogens is 279 g/mol. The molecule has 1 unspecified atom stereocenters. The second kappa shape index (κ2) is 6.30. The Morgan fingerprint density at radius 1 is 1.19 bits per heavy atom. The lowest BCUT2D eigenvalue weighted by atomic mass is 9.97. The molecule has 1 atom stereocenters. The minimum absolute atomic E-state index is 0.224. The van der Waals surface area contributed by atoms with Gasteiger partial charge in [-0.05, 0) is 31.2 Å². The van der Waals surface area contributed by atoms with Gasteiger partial charge in [0.25, 0.3) is 0 Å². The lowest BCUT2D eigenvalue weighted by Gasteiger charge is -2.23. The molecule has 0 aliphatic rings. The summed E-state index contributed by atoms with van der Waals surface area (Å²) < 4.78 is 41.4. The number of hydrogen-bond acceptors (Lipinski definition) is 2. The number of benzene rings is 1. The lowest BCUT2D eigenvalue weighted by Crippen LogP contribution is -2.27. The molecule has 1 aromatic heterocycles. The normalized spacial score (nSPS) is 13.4. The van der Waals surface area contributed by atoms with Gasteiger partial charge < -0.3 is 5.32 Å². The van der Waals surface area contributed by atoms with Crippen LogP contribution in [0.15, 0.2) is 36.5 Å². The molecule has 0 saturated heterocycles. The number of halogens is 3. The first-order chi connectivity index (χ1) is 9.99. The molecule has 1 aromatic carbocycles. The predicted molar refractivity (Wildman–Crippen MR) is 74.9 cm³/mol. The van der Waals surface area contributed by atoms with E-state index >= 15 is 0 Å². The fourth-order valence-electron chi connectivity index (χ4n) is 2.44. The third-order valence-electron chi connectivity index (χ3n) is 3.33. The van der Waals surface area contributed by atoms with Gasteiger partial charge in [-0.15, -0.1) is 0 Å². The minimum Gasteiger partial charge on any atom is -0.305 e. The average Bonchev–Trinajstić information content (AvgIpc) is 2.92. The largest absolute Gasteiger partial charge is 0.416 e. The van der Waals surface area contributed by atoms with Crippen LogP contribution in [0.5, 0.6) is 0 Å². The Labute approximate surface area is 121 Å². The Hall–Kier alpha value is -1.82. The standard InChI is InChI=1S/C15H18F3N3/c1-3-19-14(13-9-10-20-21(13)4-2)11-7-5-6-8-12(11)15(16,17)18/h5-10,14,19H,3-4H2,1-2H3. The van der Waals surface area contributed by atoms with Crippen molar-refractivity contribution in [3.63, 3.8) is 0 Å². The first-order valence-electron chi connectivity index (χ1n) is 6.90. The summed E-state index contributed by atoms with van der Waals surface area (Å²) in [4.78, 5) is 0. The van der Waals surface area contributed by atoms with Crippen LogP contribution in [0.4, 0.5) is 13.2 Å². The van der Waals surface area contributed by atoms with E-state index < -0.39 is 17.8 Å². The van der Waals surface area contributed by atoms with Gasteiger partial charge in [0.1, 0.15) is 0 Å². The molecule has 2 rings (SSSR count). The maximum Gasteiger partial charge on any atom is 0.416 e. The van der Waals surface area contributed by atoms with Crippen LogP contribution in [-0.2, 0) is 12.7 Å². The summed E-state index contributed by atoms with van der Waals surface area (Å²) in [6.45, 7) is 4.95. The summed E-state index contributed by atoms with van der Waals surface area (Å²) in [5, 5.41) is 7.28. The molecule has 114 valence electrons. The van der Waals surface area contributed by atoms with E-state index in [1.165, 1.54) is 12.1 Å². The summed E-state index contributed by atoms with van der Waals surface area (Å²) >= 11 is 0. The van der Waals surface area contributed by atoms with Crippen LogP contribution < -0.4 is 5.32 Å². The third kappa shape index (κ3) is 3.26. The zero-order valence-corrected chi connectivity index (χ0v) is 12.0. The number of hydrogen-bond donors (Lipinski definition) is 1. The van der Waals surface area contributed by atoms with Gasteiger partial charge in [-0.1, -0.05) is 25.1 Å². The van der Waals surface area contributed by atoms with Gasteiger partial charge in [-0.2, -0.15) is 18.3 Å². The molecule has 3 nitrogen and oxygen atoms in total. The minimum atomic E-state index is -4.37. The van der Waals surface area contributed by atoms with E-state index in [9.17, 15) is 13.2 Å². The molecule has 0 bridgehead atoms. The highest BCUT2D eigenvalue weighted by Crippen LogP contribution is 2.36. The van der Waals surface area contributed by atoms with Crippen molar-refractivity contribution < 1.29 is 13.2 Å². The van der Waals surface area contributed by atoms with Crippen molar-refractivity contribution in [2.75, 3.05) is 6.54 Å². The Kier molecular flexibility index (Phi) is 4.67. The van der Waals surface area contributed by atoms with Crippen LogP contribution in [0.2, 0.25) is 0 Å². The van der Waals surface area contributed by atoms with Crippen LogP contribution in [0.3, 0.4) is 0 Å². The molecule has 21 heavy (non-hydrogen) atoms. The van der Waals surface area contributed by atoms with Crippen molar-refractivity contribution in [3.8, 4) is 0 Å². The number of aromatic nitrogens is 2. The van der Waals surface area contributed by atoms with Crippen LogP contribution in [0, 0.1) is 0 Å². The summed E-state index contributed by atoms with van der Waals surface area (Å²) in [5.41, 5.74) is 0.345. The maximum atomic E-state index is 13.2. The number of alkyl halides is 3. The average molecular weight is 297 g/mol. The summed E-state index contributed by atoms with van der Waals surface area (Å²) in [6, 6.07) is 6.89. The fraction of sp³-hybridized carbons (Fsp3) is 0.400. The van der Waals surface area contributed by atoms with Crippen molar-refractivity contribution in [1.82, 2.24) is 15.1 Å². The van der Waals surface area contributed by atoms with Crippen LogP contribution in [0.1, 0.15) is 36.7 Å². The lowest BCUT2D eigenvalue weighted by molar-refractivity contribution is -0.138. The van der Waals surface area contributed by atoms with Gasteiger partial charge in [0.2, 0.25) is 0 Å². The summed E-state index contributed by atoms with van der Waals surface area (Å²) in [6.07, 6.45) is -2.76. The molecule has 0 aliphatic heterocycles. The molecular formula is C15H18F3N3. The van der Waals surface area contributed by atoms with Gasteiger partial charge in [0.05, 0.1) is 17.3 Å². The number of aryl methyl sites for hydroxylation is 1. The monoisotopic (exact) mass is 297 g/mol. The van der Waals surface area contributed by atoms with E-state index in [-0.39, 0.29) is 5.56 Å². The van der Waals surface area contributed by atoms with Crippen LogP contribution in [0.25, 0.3) is 0 Å². The molecule has 1 N–H and O–H groups in total. The van der Waals surface area contributed by atoms with Gasteiger partial charge in [-0.25, -0.2) is 0 Å². The van der Waals surface area contributed by atoms with E-state index in [2.05, 4.69) is 10.4 Å². The summed E-state index contributed by atoms with van der Waals surface area (Å²) in [7, 11) is 0. The van der Waals surface area contributed by atoms with Crippen molar-refractivity contribution in [3.05, 3.63) is 53.3 Å². The zero-order chi connectivity index (χ0) is 15.5. The first kappa shape index (κ1) is 15.6. The molecule has 1 heterocycles. The number of rotatable bonds is 5. The Bertz CT molecular complexity index is 590. The van der Waals surface area contributed by atoms with E-state index in [1.54, 1.807) is 23.0 Å². The van der Waals surface area contributed by atoms with Gasteiger partial charge in [-0.3, -0.25) is 4.68 Å². The maximum absolute atomic E-state index is 13.2. The van der Waals surface area contributed by atoms with E-state index in [0.717, 1.165) is 11.8 Å². The first-order valence-corrected chi connectivity index (χ1v) is 6.90. The van der Waals surface area contributed by atoms with Crippen molar-refractivity contribution >= 4 is 0 Å². The van der Waals surface area contributed by atoms with Gasteiger partial charge >= 0.3 is 6.18 Å². The van der Waals surface area contributed by atoms with Gasteiger partial charge in [0.15, 0.2) is 0 Å². The van der Waals surface area contributed by atoms with Crippen LogP contribution >= 0.6 is 0 Å². The Morgan fingerprint density at radius 3 is 2.52 bits per heavy atom. The highest BCUT2D eigenvalue weighted by molar-refractivity contribution is 5.37. The number of nitrogens with one attached hydrogen (secondary N) is 1. The zero-order valence-electron chi connectivity index (χ0n) is 12.0. The molecule has 0 amide bonds. The van der Waals surface area contributed by atoms with E-state index in [0.29, 0.717) is 13.1 Å². The fourth-order valence-corrected chi connectivity index (χ4v) is 2.44. The predicted octanol–water partition coefficient (Wildman–Crippen LogP) is 3.62. The van der Waals surface area contributed by atoms with E-state index in [1.807, 2.05) is 13.8 Å². The molecule has 0 aliphatic carbocycles. The van der Waals surface area contributed by atoms with Gasteiger partial charge in [0, 0.05) is 12.7 Å². The molecule has 6 heteroatoms. The second-order valence-corrected chi connectivity index (χ2v) is 4.65. The summed E-state index contributed by atoms with van der Waals surface area (Å²) in [5.74, 6) is 0. The van der Waals surface area contributed by atoms with Crippen LogP contribution in [-0.4, -0.2) is 16.3 Å². The molecule has 0 fully saturated rings. The topological polar surface area (TPSA) is 29.9 Å².